The molecule has 0 bridgehead atoms. The number of hydrogen-bond acceptors (Lipinski definition) is 6. The molecule has 1 atom stereocenters. The maximum absolute atomic E-state index is 12.7. The summed E-state index contributed by atoms with van der Waals surface area (Å²) in [4.78, 5) is 37.7. The second kappa shape index (κ2) is 40.1. The van der Waals surface area contributed by atoms with Crippen molar-refractivity contribution in [1.82, 2.24) is 0 Å². The van der Waals surface area contributed by atoms with E-state index < -0.39 is 6.10 Å². The molecule has 0 aromatic carbocycles. The molecule has 0 aliphatic heterocycles. The van der Waals surface area contributed by atoms with Crippen molar-refractivity contribution in [2.24, 2.45) is 11.8 Å². The Morgan fingerprint density at radius 2 is 0.623 bits per heavy atom. The molecule has 0 radical (unpaired) electrons. The van der Waals surface area contributed by atoms with E-state index in [0.717, 1.165) is 69.6 Å². The summed E-state index contributed by atoms with van der Waals surface area (Å²) in [5, 5.41) is 0. The molecular weight excluding hydrogens is 661 g/mol. The number of esters is 3. The molecule has 0 rings (SSSR count). The second-order valence-electron chi connectivity index (χ2n) is 17.0. The van der Waals surface area contributed by atoms with Crippen LogP contribution in [-0.2, 0) is 28.6 Å². The summed E-state index contributed by atoms with van der Waals surface area (Å²) in [6.07, 6.45) is 38.0. The van der Waals surface area contributed by atoms with E-state index in [1.54, 1.807) is 0 Å². The first-order valence-corrected chi connectivity index (χ1v) is 23.2. The predicted molar refractivity (Wildman–Crippen MR) is 224 cm³/mol. The highest BCUT2D eigenvalue weighted by Gasteiger charge is 2.19. The second-order valence-corrected chi connectivity index (χ2v) is 17.0. The van der Waals surface area contributed by atoms with Crippen molar-refractivity contribution in [3.8, 4) is 0 Å². The van der Waals surface area contributed by atoms with Gasteiger partial charge in [-0.25, -0.2) is 0 Å². The summed E-state index contributed by atoms with van der Waals surface area (Å²) >= 11 is 0. The number of ether oxygens (including phenoxy) is 3. The van der Waals surface area contributed by atoms with Crippen LogP contribution in [0.2, 0.25) is 0 Å². The third-order valence-electron chi connectivity index (χ3n) is 10.5. The first kappa shape index (κ1) is 51.4. The smallest absolute Gasteiger partial charge is 0.306 e. The van der Waals surface area contributed by atoms with Gasteiger partial charge in [0.1, 0.15) is 13.2 Å². The SMILES string of the molecule is CCCCCCCCCCCC(=O)OC[C@@H](COC(=O)CCCCCCCCCCCCCC(C)C)OC(=O)CCCCCCCCCCCC(C)C. The Labute approximate surface area is 329 Å². The summed E-state index contributed by atoms with van der Waals surface area (Å²) in [6, 6.07) is 0. The average Bonchev–Trinajstić information content (AvgIpc) is 3.12. The lowest BCUT2D eigenvalue weighted by Crippen LogP contribution is -2.30. The standard InChI is InChI=1S/C47H90O6/c1-6-7-8-9-10-15-22-27-32-37-45(48)51-40-44(53-47(50)39-34-29-24-19-14-17-21-26-31-36-43(4)5)41-52-46(49)38-33-28-23-18-13-11-12-16-20-25-30-35-42(2)3/h42-44H,6-41H2,1-5H3/t44-/m0/s1. The topological polar surface area (TPSA) is 78.9 Å². The quantitative estimate of drug-likeness (QED) is 0.0352. The van der Waals surface area contributed by atoms with Crippen LogP contribution in [0.3, 0.4) is 0 Å². The zero-order valence-corrected chi connectivity index (χ0v) is 36.1. The number of hydrogen-bond donors (Lipinski definition) is 0. The molecule has 0 spiro atoms. The largest absolute Gasteiger partial charge is 0.462 e. The van der Waals surface area contributed by atoms with Gasteiger partial charge in [0, 0.05) is 19.3 Å². The molecule has 0 fully saturated rings. The average molecular weight is 751 g/mol. The van der Waals surface area contributed by atoms with E-state index >= 15 is 0 Å². The molecule has 0 aromatic rings. The monoisotopic (exact) mass is 751 g/mol. The molecule has 0 aliphatic carbocycles. The van der Waals surface area contributed by atoms with Gasteiger partial charge in [-0.05, 0) is 31.1 Å². The lowest BCUT2D eigenvalue weighted by molar-refractivity contribution is -0.167. The van der Waals surface area contributed by atoms with E-state index in [9.17, 15) is 14.4 Å². The van der Waals surface area contributed by atoms with Gasteiger partial charge < -0.3 is 14.2 Å². The Balaban J connectivity index is 4.31. The summed E-state index contributed by atoms with van der Waals surface area (Å²) in [5.74, 6) is 0.774. The van der Waals surface area contributed by atoms with Gasteiger partial charge in [-0.15, -0.1) is 0 Å². The molecule has 0 saturated carbocycles. The molecule has 314 valence electrons. The van der Waals surface area contributed by atoms with E-state index in [2.05, 4.69) is 34.6 Å². The summed E-state index contributed by atoms with van der Waals surface area (Å²) in [7, 11) is 0. The van der Waals surface area contributed by atoms with Crippen molar-refractivity contribution in [3.63, 3.8) is 0 Å². The van der Waals surface area contributed by atoms with Crippen LogP contribution in [0, 0.1) is 11.8 Å². The highest BCUT2D eigenvalue weighted by Crippen LogP contribution is 2.16. The molecule has 0 aromatic heterocycles. The van der Waals surface area contributed by atoms with Crippen molar-refractivity contribution < 1.29 is 28.6 Å². The molecule has 53 heavy (non-hydrogen) atoms. The zero-order chi connectivity index (χ0) is 39.0. The molecule has 0 saturated heterocycles. The number of unbranched alkanes of at least 4 members (excludes halogenated alkanes) is 26. The van der Waals surface area contributed by atoms with Crippen molar-refractivity contribution >= 4 is 17.9 Å². The third-order valence-corrected chi connectivity index (χ3v) is 10.5. The lowest BCUT2D eigenvalue weighted by Gasteiger charge is -2.18. The number of carbonyl (C=O) groups is 3. The van der Waals surface area contributed by atoms with E-state index in [4.69, 9.17) is 14.2 Å². The lowest BCUT2D eigenvalue weighted by atomic mass is 10.0. The molecule has 6 heteroatoms. The van der Waals surface area contributed by atoms with Gasteiger partial charge in [0.2, 0.25) is 0 Å². The summed E-state index contributed by atoms with van der Waals surface area (Å²) < 4.78 is 16.7. The van der Waals surface area contributed by atoms with Crippen molar-refractivity contribution in [2.75, 3.05) is 13.2 Å². The molecule has 0 unspecified atom stereocenters. The van der Waals surface area contributed by atoms with Crippen LogP contribution in [-0.4, -0.2) is 37.2 Å². The Morgan fingerprint density at radius 3 is 0.925 bits per heavy atom. The fourth-order valence-electron chi connectivity index (χ4n) is 6.93. The number of rotatable bonds is 41. The Bertz CT molecular complexity index is 809. The van der Waals surface area contributed by atoms with Crippen LogP contribution in [0.15, 0.2) is 0 Å². The van der Waals surface area contributed by atoms with Crippen LogP contribution >= 0.6 is 0 Å². The molecule has 0 heterocycles. The van der Waals surface area contributed by atoms with E-state index in [1.807, 2.05) is 0 Å². The molecule has 0 aliphatic rings. The van der Waals surface area contributed by atoms with Crippen LogP contribution in [0.4, 0.5) is 0 Å². The maximum Gasteiger partial charge on any atom is 0.306 e. The Morgan fingerprint density at radius 1 is 0.358 bits per heavy atom. The fraction of sp³-hybridized carbons (Fsp3) is 0.936. The first-order chi connectivity index (χ1) is 25.7. The van der Waals surface area contributed by atoms with Crippen LogP contribution in [0.5, 0.6) is 0 Å². The molecule has 0 N–H and O–H groups in total. The van der Waals surface area contributed by atoms with Crippen LogP contribution in [0.25, 0.3) is 0 Å². The number of carbonyl (C=O) groups excluding carboxylic acids is 3. The zero-order valence-electron chi connectivity index (χ0n) is 36.1. The van der Waals surface area contributed by atoms with E-state index in [1.165, 1.54) is 141 Å². The summed E-state index contributed by atoms with van der Waals surface area (Å²) in [5.41, 5.74) is 0. The van der Waals surface area contributed by atoms with Gasteiger partial charge in [-0.2, -0.15) is 0 Å². The van der Waals surface area contributed by atoms with Gasteiger partial charge in [0.15, 0.2) is 6.10 Å². The van der Waals surface area contributed by atoms with Gasteiger partial charge in [0.25, 0.3) is 0 Å². The Kier molecular flexibility index (Phi) is 38.9. The van der Waals surface area contributed by atoms with E-state index in [-0.39, 0.29) is 31.1 Å². The Hall–Kier alpha value is -1.59. The van der Waals surface area contributed by atoms with Crippen molar-refractivity contribution in [3.05, 3.63) is 0 Å². The minimum Gasteiger partial charge on any atom is -0.462 e. The first-order valence-electron chi connectivity index (χ1n) is 23.2. The predicted octanol–water partition coefficient (Wildman–Crippen LogP) is 14.6. The van der Waals surface area contributed by atoms with Gasteiger partial charge in [0.05, 0.1) is 0 Å². The van der Waals surface area contributed by atoms with Gasteiger partial charge >= 0.3 is 17.9 Å². The van der Waals surface area contributed by atoms with Gasteiger partial charge in [-0.3, -0.25) is 14.4 Å². The maximum atomic E-state index is 12.7. The molecular formula is C47H90O6. The molecule has 6 nitrogen and oxygen atoms in total. The normalized spacial score (nSPS) is 12.1. The summed E-state index contributed by atoms with van der Waals surface area (Å²) in [6.45, 7) is 11.3. The third kappa shape index (κ3) is 41.4. The minimum absolute atomic E-state index is 0.0650. The van der Waals surface area contributed by atoms with Crippen LogP contribution in [0.1, 0.15) is 253 Å². The fourth-order valence-corrected chi connectivity index (χ4v) is 6.93. The van der Waals surface area contributed by atoms with Gasteiger partial charge in [-0.1, -0.05) is 214 Å². The highest BCUT2D eigenvalue weighted by atomic mass is 16.6. The van der Waals surface area contributed by atoms with Crippen molar-refractivity contribution in [1.29, 1.82) is 0 Å². The van der Waals surface area contributed by atoms with Crippen molar-refractivity contribution in [2.45, 2.75) is 259 Å². The minimum atomic E-state index is -0.760. The highest BCUT2D eigenvalue weighted by molar-refractivity contribution is 5.71. The van der Waals surface area contributed by atoms with E-state index in [0.29, 0.717) is 19.3 Å². The molecule has 0 amide bonds. The van der Waals surface area contributed by atoms with Crippen LogP contribution < -0.4 is 0 Å².